The van der Waals surface area contributed by atoms with Crippen LogP contribution in [0.1, 0.15) is 39.0 Å². The van der Waals surface area contributed by atoms with Gasteiger partial charge in [-0.05, 0) is 57.7 Å². The highest BCUT2D eigenvalue weighted by atomic mass is 35.5. The summed E-state index contributed by atoms with van der Waals surface area (Å²) in [6.07, 6.45) is 0. The van der Waals surface area contributed by atoms with E-state index in [1.54, 1.807) is 6.07 Å². The molecule has 2 rings (SSSR count). The molecular weight excluding hydrogens is 284 g/mol. The summed E-state index contributed by atoms with van der Waals surface area (Å²) in [7, 11) is 0. The molecule has 0 fully saturated rings. The van der Waals surface area contributed by atoms with Crippen molar-refractivity contribution in [3.8, 4) is 0 Å². The van der Waals surface area contributed by atoms with Gasteiger partial charge in [-0.25, -0.2) is 0 Å². The van der Waals surface area contributed by atoms with Gasteiger partial charge in [0.05, 0.1) is 0 Å². The molecule has 0 spiro atoms. The number of hydrogen-bond donors (Lipinski definition) is 1. The Kier molecular flexibility index (Phi) is 4.74. The molecule has 0 aliphatic rings. The summed E-state index contributed by atoms with van der Waals surface area (Å²) in [5, 5.41) is 2.25. The first-order chi connectivity index (χ1) is 9.81. The van der Waals surface area contributed by atoms with Crippen LogP contribution >= 0.6 is 11.6 Å². The van der Waals surface area contributed by atoms with E-state index in [1.165, 1.54) is 5.56 Å². The molecule has 0 saturated carbocycles. The van der Waals surface area contributed by atoms with Gasteiger partial charge in [0.1, 0.15) is 0 Å². The van der Waals surface area contributed by atoms with Gasteiger partial charge in [-0.2, -0.15) is 0 Å². The number of benzene rings is 1. The van der Waals surface area contributed by atoms with Gasteiger partial charge in [-0.3, -0.25) is 9.69 Å². The van der Waals surface area contributed by atoms with Crippen molar-refractivity contribution in [1.82, 2.24) is 9.88 Å². The molecule has 0 bridgehead atoms. The van der Waals surface area contributed by atoms with Gasteiger partial charge in [-0.15, -0.1) is 0 Å². The van der Waals surface area contributed by atoms with Crippen LogP contribution in [0.3, 0.4) is 0 Å². The van der Waals surface area contributed by atoms with Gasteiger partial charge in [0.2, 0.25) is 0 Å². The van der Waals surface area contributed by atoms with Gasteiger partial charge >= 0.3 is 0 Å². The summed E-state index contributed by atoms with van der Waals surface area (Å²) in [5.41, 5.74) is 2.03. The Balaban J connectivity index is 2.60. The predicted molar refractivity (Wildman–Crippen MR) is 90.1 cm³/mol. The highest BCUT2D eigenvalue weighted by molar-refractivity contribution is 6.31. The van der Waals surface area contributed by atoms with Gasteiger partial charge in [0, 0.05) is 34.7 Å². The molecule has 1 heterocycles. The smallest absolute Gasteiger partial charge is 0.256 e. The van der Waals surface area contributed by atoms with Crippen LogP contribution < -0.4 is 5.56 Å². The number of pyridine rings is 1. The topological polar surface area (TPSA) is 36.1 Å². The molecule has 0 atom stereocenters. The number of aromatic amines is 1. The summed E-state index contributed by atoms with van der Waals surface area (Å²) < 4.78 is 0. The molecule has 114 valence electrons. The number of aryl methyl sites for hydroxylation is 1. The van der Waals surface area contributed by atoms with E-state index in [9.17, 15) is 4.79 Å². The van der Waals surface area contributed by atoms with Crippen molar-refractivity contribution < 1.29 is 0 Å². The van der Waals surface area contributed by atoms with E-state index in [-0.39, 0.29) is 5.56 Å². The molecule has 0 aliphatic heterocycles. The Labute approximate surface area is 130 Å². The van der Waals surface area contributed by atoms with E-state index >= 15 is 0 Å². The number of halogens is 1. The van der Waals surface area contributed by atoms with Crippen molar-refractivity contribution in [2.45, 2.75) is 53.2 Å². The zero-order valence-electron chi connectivity index (χ0n) is 13.3. The van der Waals surface area contributed by atoms with Crippen molar-refractivity contribution in [1.29, 1.82) is 0 Å². The second kappa shape index (κ2) is 6.20. The molecule has 3 nitrogen and oxygen atoms in total. The van der Waals surface area contributed by atoms with E-state index in [2.05, 4.69) is 37.6 Å². The van der Waals surface area contributed by atoms with Gasteiger partial charge in [-0.1, -0.05) is 17.7 Å². The first kappa shape index (κ1) is 16.1. The van der Waals surface area contributed by atoms with Crippen LogP contribution in [-0.4, -0.2) is 22.0 Å². The molecule has 0 radical (unpaired) electrons. The highest BCUT2D eigenvalue weighted by Gasteiger charge is 2.17. The van der Waals surface area contributed by atoms with Crippen LogP contribution in [0, 0.1) is 6.92 Å². The number of nitrogens with zero attached hydrogens (tertiary/aromatic N) is 1. The third-order valence-electron chi connectivity index (χ3n) is 3.97. The number of aromatic nitrogens is 1. The van der Waals surface area contributed by atoms with Crippen LogP contribution in [-0.2, 0) is 6.54 Å². The Morgan fingerprint density at radius 2 is 1.76 bits per heavy atom. The maximum Gasteiger partial charge on any atom is 0.256 e. The maximum absolute atomic E-state index is 12.1. The van der Waals surface area contributed by atoms with E-state index in [0.717, 1.165) is 17.6 Å². The molecule has 0 aliphatic carbocycles. The molecule has 1 aromatic carbocycles. The van der Waals surface area contributed by atoms with Crippen LogP contribution in [0.4, 0.5) is 0 Å². The van der Waals surface area contributed by atoms with Gasteiger partial charge in [0.15, 0.2) is 0 Å². The number of H-pyrrole nitrogens is 1. The third kappa shape index (κ3) is 3.30. The largest absolute Gasteiger partial charge is 0.326 e. The normalized spacial score (nSPS) is 12.0. The zero-order chi connectivity index (χ0) is 15.7. The first-order valence-electron chi connectivity index (χ1n) is 7.38. The van der Waals surface area contributed by atoms with E-state index in [1.807, 2.05) is 19.1 Å². The Morgan fingerprint density at radius 3 is 2.33 bits per heavy atom. The fourth-order valence-corrected chi connectivity index (χ4v) is 3.00. The Bertz CT molecular complexity index is 696. The molecule has 0 saturated heterocycles. The standard InChI is InChI=1S/C17H23ClN2O/c1-10(2)20(11(3)4)9-16-12(5)19-17(21)15-8-13(18)6-7-14(15)16/h6-8,10-11H,9H2,1-5H3,(H,19,21). The zero-order valence-corrected chi connectivity index (χ0v) is 14.1. The van der Waals surface area contributed by atoms with Crippen molar-refractivity contribution >= 4 is 22.4 Å². The van der Waals surface area contributed by atoms with Crippen LogP contribution in [0.25, 0.3) is 10.8 Å². The lowest BCUT2D eigenvalue weighted by Gasteiger charge is -2.31. The number of hydrogen-bond acceptors (Lipinski definition) is 2. The SMILES string of the molecule is Cc1[nH]c(=O)c2cc(Cl)ccc2c1CN(C(C)C)C(C)C. The van der Waals surface area contributed by atoms with Crippen molar-refractivity contribution in [2.75, 3.05) is 0 Å². The summed E-state index contributed by atoms with van der Waals surface area (Å²) in [6.45, 7) is 11.6. The summed E-state index contributed by atoms with van der Waals surface area (Å²) in [4.78, 5) is 17.5. The summed E-state index contributed by atoms with van der Waals surface area (Å²) >= 11 is 6.03. The average Bonchev–Trinajstić information content (AvgIpc) is 2.38. The van der Waals surface area contributed by atoms with E-state index < -0.39 is 0 Å². The molecule has 2 aromatic rings. The minimum Gasteiger partial charge on any atom is -0.326 e. The molecule has 4 heteroatoms. The fraction of sp³-hybridized carbons (Fsp3) is 0.471. The average molecular weight is 307 g/mol. The maximum atomic E-state index is 12.1. The molecule has 1 N–H and O–H groups in total. The van der Waals surface area contributed by atoms with Crippen molar-refractivity contribution in [2.24, 2.45) is 0 Å². The third-order valence-corrected chi connectivity index (χ3v) is 4.21. The molecule has 0 unspecified atom stereocenters. The molecule has 1 aromatic heterocycles. The first-order valence-corrected chi connectivity index (χ1v) is 7.75. The minimum absolute atomic E-state index is 0.0746. The monoisotopic (exact) mass is 306 g/mol. The molecular formula is C17H23ClN2O. The van der Waals surface area contributed by atoms with Gasteiger partial charge < -0.3 is 4.98 Å². The number of nitrogens with one attached hydrogen (secondary N) is 1. The number of rotatable bonds is 4. The summed E-state index contributed by atoms with van der Waals surface area (Å²) in [5.74, 6) is 0. The lowest BCUT2D eigenvalue weighted by Crippen LogP contribution is -2.36. The van der Waals surface area contributed by atoms with Crippen LogP contribution in [0.15, 0.2) is 23.0 Å². The van der Waals surface area contributed by atoms with E-state index in [0.29, 0.717) is 22.5 Å². The number of fused-ring (bicyclic) bond motifs is 1. The van der Waals surface area contributed by atoms with Gasteiger partial charge in [0.25, 0.3) is 5.56 Å². The Hall–Kier alpha value is -1.32. The van der Waals surface area contributed by atoms with E-state index in [4.69, 9.17) is 11.6 Å². The Morgan fingerprint density at radius 1 is 1.14 bits per heavy atom. The van der Waals surface area contributed by atoms with Crippen LogP contribution in [0.2, 0.25) is 5.02 Å². The second-order valence-corrected chi connectivity index (χ2v) is 6.54. The summed E-state index contributed by atoms with van der Waals surface area (Å²) in [6, 6.07) is 6.43. The minimum atomic E-state index is -0.0746. The predicted octanol–water partition coefficient (Wildman–Crippen LogP) is 4.11. The lowest BCUT2D eigenvalue weighted by molar-refractivity contribution is 0.166. The van der Waals surface area contributed by atoms with Crippen LogP contribution in [0.5, 0.6) is 0 Å². The molecule has 0 amide bonds. The fourth-order valence-electron chi connectivity index (χ4n) is 2.83. The highest BCUT2D eigenvalue weighted by Crippen LogP contribution is 2.24. The van der Waals surface area contributed by atoms with Crippen molar-refractivity contribution in [3.63, 3.8) is 0 Å². The second-order valence-electron chi connectivity index (χ2n) is 6.11. The quantitative estimate of drug-likeness (QED) is 0.923. The lowest BCUT2D eigenvalue weighted by atomic mass is 10.0. The van der Waals surface area contributed by atoms with Crippen molar-refractivity contribution in [3.05, 3.63) is 44.8 Å². The molecule has 21 heavy (non-hydrogen) atoms.